The first-order valence-electron chi connectivity index (χ1n) is 3.62. The molecule has 1 aliphatic carbocycles. The molecule has 0 unspecified atom stereocenters. The lowest BCUT2D eigenvalue weighted by molar-refractivity contribution is 0.330. The minimum Gasteiger partial charge on any atom is -0.324 e. The Morgan fingerprint density at radius 1 is 1.22 bits per heavy atom. The molecule has 0 bridgehead atoms. The van der Waals surface area contributed by atoms with Crippen LogP contribution in [0.15, 0.2) is 0 Å². The van der Waals surface area contributed by atoms with Gasteiger partial charge in [0, 0.05) is 10.9 Å². The molecular weight excluding hydrogens is 178 g/mol. The maximum Gasteiger partial charge on any atom is 0.0252 e. The molecular formula is C7H14BrN. The van der Waals surface area contributed by atoms with Crippen molar-refractivity contribution in [3.8, 4) is 0 Å². The van der Waals surface area contributed by atoms with Gasteiger partial charge in [-0.1, -0.05) is 35.2 Å². The Hall–Kier alpha value is 0.440. The average molecular weight is 192 g/mol. The maximum atomic E-state index is 6.01. The molecule has 0 atom stereocenters. The van der Waals surface area contributed by atoms with Gasteiger partial charge in [-0.2, -0.15) is 0 Å². The van der Waals surface area contributed by atoms with E-state index in [0.717, 1.165) is 5.33 Å². The molecule has 0 aromatic carbocycles. The van der Waals surface area contributed by atoms with Crippen molar-refractivity contribution in [3.05, 3.63) is 0 Å². The summed E-state index contributed by atoms with van der Waals surface area (Å²) in [6, 6.07) is 0. The molecule has 1 aliphatic rings. The number of halogens is 1. The summed E-state index contributed by atoms with van der Waals surface area (Å²) < 4.78 is 0. The van der Waals surface area contributed by atoms with E-state index in [0.29, 0.717) is 0 Å². The van der Waals surface area contributed by atoms with Crippen LogP contribution in [0.25, 0.3) is 0 Å². The highest BCUT2D eigenvalue weighted by Gasteiger charge is 2.25. The lowest BCUT2D eigenvalue weighted by Crippen LogP contribution is -2.43. The summed E-state index contributed by atoms with van der Waals surface area (Å²) in [6.07, 6.45) is 6.44. The molecule has 0 saturated heterocycles. The molecule has 2 heteroatoms. The highest BCUT2D eigenvalue weighted by molar-refractivity contribution is 9.09. The quantitative estimate of drug-likeness (QED) is 0.632. The van der Waals surface area contributed by atoms with Gasteiger partial charge in [0.25, 0.3) is 0 Å². The van der Waals surface area contributed by atoms with Gasteiger partial charge < -0.3 is 5.73 Å². The summed E-state index contributed by atoms with van der Waals surface area (Å²) >= 11 is 3.44. The van der Waals surface area contributed by atoms with E-state index < -0.39 is 0 Å². The summed E-state index contributed by atoms with van der Waals surface area (Å²) in [5.41, 5.74) is 6.15. The lowest BCUT2D eigenvalue weighted by Gasteiger charge is -2.31. The third-order valence-corrected chi connectivity index (χ3v) is 3.23. The van der Waals surface area contributed by atoms with Gasteiger partial charge >= 0.3 is 0 Å². The zero-order chi connectivity index (χ0) is 6.74. The number of hydrogen-bond donors (Lipinski definition) is 1. The van der Waals surface area contributed by atoms with Crippen molar-refractivity contribution in [2.75, 3.05) is 5.33 Å². The van der Waals surface area contributed by atoms with Crippen molar-refractivity contribution in [1.82, 2.24) is 0 Å². The Kier molecular flexibility index (Phi) is 2.53. The van der Waals surface area contributed by atoms with Gasteiger partial charge in [-0.15, -0.1) is 0 Å². The average Bonchev–Trinajstić information content (AvgIpc) is 1.90. The minimum absolute atomic E-state index is 0.137. The van der Waals surface area contributed by atoms with Crippen LogP contribution in [0.3, 0.4) is 0 Å². The van der Waals surface area contributed by atoms with Crippen molar-refractivity contribution in [3.63, 3.8) is 0 Å². The molecule has 1 rings (SSSR count). The van der Waals surface area contributed by atoms with Crippen molar-refractivity contribution >= 4 is 15.9 Å². The highest BCUT2D eigenvalue weighted by Crippen LogP contribution is 2.26. The van der Waals surface area contributed by atoms with Gasteiger partial charge in [0.15, 0.2) is 0 Å². The second-order valence-electron chi connectivity index (χ2n) is 3.06. The van der Waals surface area contributed by atoms with E-state index in [1.807, 2.05) is 0 Å². The third kappa shape index (κ3) is 1.94. The van der Waals surface area contributed by atoms with E-state index >= 15 is 0 Å². The first kappa shape index (κ1) is 7.55. The van der Waals surface area contributed by atoms with Crippen LogP contribution in [-0.4, -0.2) is 10.9 Å². The lowest BCUT2D eigenvalue weighted by atomic mass is 9.84. The number of hydrogen-bond acceptors (Lipinski definition) is 1. The zero-order valence-corrected chi connectivity index (χ0v) is 7.28. The Morgan fingerprint density at radius 3 is 2.11 bits per heavy atom. The smallest absolute Gasteiger partial charge is 0.0252 e. The van der Waals surface area contributed by atoms with Gasteiger partial charge in [0.05, 0.1) is 0 Å². The molecule has 54 valence electrons. The highest BCUT2D eigenvalue weighted by atomic mass is 79.9. The van der Waals surface area contributed by atoms with E-state index in [1.165, 1.54) is 32.1 Å². The second kappa shape index (κ2) is 3.02. The summed E-state index contributed by atoms with van der Waals surface area (Å²) in [5, 5.41) is 0.972. The van der Waals surface area contributed by atoms with Crippen LogP contribution in [-0.2, 0) is 0 Å². The van der Waals surface area contributed by atoms with E-state index in [-0.39, 0.29) is 5.54 Å². The van der Waals surface area contributed by atoms with Crippen LogP contribution in [0.5, 0.6) is 0 Å². The summed E-state index contributed by atoms with van der Waals surface area (Å²) in [6.45, 7) is 0. The molecule has 0 aromatic rings. The topological polar surface area (TPSA) is 26.0 Å². The molecule has 1 nitrogen and oxygen atoms in total. The van der Waals surface area contributed by atoms with E-state index in [2.05, 4.69) is 15.9 Å². The fourth-order valence-corrected chi connectivity index (χ4v) is 1.95. The Balaban J connectivity index is 2.37. The molecule has 2 N–H and O–H groups in total. The van der Waals surface area contributed by atoms with Gasteiger partial charge in [-0.3, -0.25) is 0 Å². The second-order valence-corrected chi connectivity index (χ2v) is 3.62. The number of nitrogens with two attached hydrogens (primary N) is 1. The Morgan fingerprint density at radius 2 is 1.78 bits per heavy atom. The van der Waals surface area contributed by atoms with Crippen molar-refractivity contribution in [2.24, 2.45) is 5.73 Å². The Labute approximate surface area is 65.1 Å². The van der Waals surface area contributed by atoms with Crippen LogP contribution < -0.4 is 5.73 Å². The van der Waals surface area contributed by atoms with Crippen molar-refractivity contribution < 1.29 is 0 Å². The van der Waals surface area contributed by atoms with E-state index in [1.54, 1.807) is 0 Å². The first-order chi connectivity index (χ1) is 4.27. The van der Waals surface area contributed by atoms with Crippen LogP contribution >= 0.6 is 15.9 Å². The molecule has 0 aliphatic heterocycles. The van der Waals surface area contributed by atoms with Crippen LogP contribution in [0, 0.1) is 0 Å². The van der Waals surface area contributed by atoms with Crippen LogP contribution in [0.2, 0.25) is 0 Å². The molecule has 0 aromatic heterocycles. The largest absolute Gasteiger partial charge is 0.324 e. The molecule has 0 radical (unpaired) electrons. The Bertz CT molecular complexity index is 86.9. The summed E-state index contributed by atoms with van der Waals surface area (Å²) in [7, 11) is 0. The predicted octanol–water partition coefficient (Wildman–Crippen LogP) is 2.04. The van der Waals surface area contributed by atoms with Crippen molar-refractivity contribution in [2.45, 2.75) is 37.6 Å². The molecule has 1 saturated carbocycles. The van der Waals surface area contributed by atoms with Crippen LogP contribution in [0.1, 0.15) is 32.1 Å². The minimum atomic E-state index is 0.137. The normalized spacial score (nSPS) is 26.0. The first-order valence-corrected chi connectivity index (χ1v) is 4.74. The molecule has 0 spiro atoms. The van der Waals surface area contributed by atoms with Crippen LogP contribution in [0.4, 0.5) is 0 Å². The SMILES string of the molecule is NC1(CBr)CCCCC1. The summed E-state index contributed by atoms with van der Waals surface area (Å²) in [5.74, 6) is 0. The molecule has 1 fully saturated rings. The number of alkyl halides is 1. The fourth-order valence-electron chi connectivity index (χ4n) is 1.39. The van der Waals surface area contributed by atoms with Gasteiger partial charge in [-0.25, -0.2) is 0 Å². The van der Waals surface area contributed by atoms with Gasteiger partial charge in [0.1, 0.15) is 0 Å². The standard InChI is InChI=1S/C7H14BrN/c8-6-7(9)4-2-1-3-5-7/h1-6,9H2. The fraction of sp³-hybridized carbons (Fsp3) is 1.00. The van der Waals surface area contributed by atoms with E-state index in [4.69, 9.17) is 5.73 Å². The van der Waals surface area contributed by atoms with Gasteiger partial charge in [0.2, 0.25) is 0 Å². The molecule has 0 heterocycles. The monoisotopic (exact) mass is 191 g/mol. The van der Waals surface area contributed by atoms with E-state index in [9.17, 15) is 0 Å². The predicted molar refractivity (Wildman–Crippen MR) is 43.8 cm³/mol. The zero-order valence-electron chi connectivity index (χ0n) is 5.70. The summed E-state index contributed by atoms with van der Waals surface area (Å²) in [4.78, 5) is 0. The number of rotatable bonds is 1. The van der Waals surface area contributed by atoms with Crippen molar-refractivity contribution in [1.29, 1.82) is 0 Å². The molecule has 0 amide bonds. The van der Waals surface area contributed by atoms with Gasteiger partial charge in [-0.05, 0) is 12.8 Å². The maximum absolute atomic E-state index is 6.01. The third-order valence-electron chi connectivity index (χ3n) is 2.12. The molecule has 9 heavy (non-hydrogen) atoms.